The molecule has 0 saturated heterocycles. The van der Waals surface area contributed by atoms with Crippen molar-refractivity contribution in [3.05, 3.63) is 65.7 Å². The van der Waals surface area contributed by atoms with E-state index in [0.29, 0.717) is 11.3 Å². The molecule has 0 aliphatic heterocycles. The molecule has 144 valence electrons. The number of amides is 1. The van der Waals surface area contributed by atoms with Gasteiger partial charge in [-0.3, -0.25) is 4.90 Å². The van der Waals surface area contributed by atoms with E-state index in [1.54, 1.807) is 24.5 Å². The predicted octanol–water partition coefficient (Wildman–Crippen LogP) is 4.85. The van der Waals surface area contributed by atoms with Crippen LogP contribution in [0.3, 0.4) is 0 Å². The Kier molecular flexibility index (Phi) is 5.46. The number of carbonyl (C=O) groups is 1. The number of nitrogens with zero attached hydrogens (tertiary/aromatic N) is 4. The van der Waals surface area contributed by atoms with Gasteiger partial charge in [0.2, 0.25) is 5.88 Å². The average Bonchev–Trinajstić information content (AvgIpc) is 2.68. The van der Waals surface area contributed by atoms with Crippen molar-refractivity contribution in [3.8, 4) is 17.1 Å². The molecule has 0 unspecified atom stereocenters. The van der Waals surface area contributed by atoms with Crippen molar-refractivity contribution in [2.75, 3.05) is 11.9 Å². The Bertz CT molecular complexity index is 1000. The molecule has 0 atom stereocenters. The molecular formula is C18H12ClF3N4O2. The summed E-state index contributed by atoms with van der Waals surface area (Å²) < 4.78 is 44.2. The van der Waals surface area contributed by atoms with Crippen LogP contribution >= 0.6 is 11.6 Å². The van der Waals surface area contributed by atoms with E-state index in [1.165, 1.54) is 25.5 Å². The van der Waals surface area contributed by atoms with Crippen molar-refractivity contribution in [2.45, 2.75) is 6.18 Å². The number of carbonyl (C=O) groups excluding carboxylic acids is 1. The first-order valence-electron chi connectivity index (χ1n) is 7.80. The third-order valence-electron chi connectivity index (χ3n) is 3.69. The molecule has 0 bridgehead atoms. The van der Waals surface area contributed by atoms with Crippen LogP contribution in [0.4, 0.5) is 23.7 Å². The molecule has 1 aromatic carbocycles. The van der Waals surface area contributed by atoms with Crippen LogP contribution in [0.2, 0.25) is 5.02 Å². The van der Waals surface area contributed by atoms with Crippen LogP contribution in [0.1, 0.15) is 5.56 Å². The van der Waals surface area contributed by atoms with E-state index < -0.39 is 22.9 Å². The van der Waals surface area contributed by atoms with Gasteiger partial charge in [-0.1, -0.05) is 17.7 Å². The van der Waals surface area contributed by atoms with E-state index in [2.05, 4.69) is 15.0 Å². The number of anilines is 1. The van der Waals surface area contributed by atoms with Gasteiger partial charge in [-0.2, -0.15) is 13.2 Å². The molecule has 10 heteroatoms. The summed E-state index contributed by atoms with van der Waals surface area (Å²) in [7, 11) is 1.28. The average molecular weight is 409 g/mol. The normalized spacial score (nSPS) is 11.2. The number of hydrogen-bond donors (Lipinski definition) is 0. The molecular weight excluding hydrogens is 397 g/mol. The largest absolute Gasteiger partial charge is 0.420 e. The van der Waals surface area contributed by atoms with Gasteiger partial charge < -0.3 is 4.74 Å². The second-order valence-corrected chi connectivity index (χ2v) is 5.98. The monoisotopic (exact) mass is 408 g/mol. The lowest BCUT2D eigenvalue weighted by Gasteiger charge is -2.19. The molecule has 0 saturated carbocycles. The fraction of sp³-hybridized carbons (Fsp3) is 0.111. The van der Waals surface area contributed by atoms with Gasteiger partial charge in [0.25, 0.3) is 0 Å². The summed E-state index contributed by atoms with van der Waals surface area (Å²) in [6.45, 7) is 0. The van der Waals surface area contributed by atoms with Gasteiger partial charge in [0.05, 0.1) is 16.3 Å². The molecule has 0 aliphatic carbocycles. The lowest BCUT2D eigenvalue weighted by Crippen LogP contribution is -2.30. The van der Waals surface area contributed by atoms with E-state index >= 15 is 0 Å². The third kappa shape index (κ3) is 4.37. The number of pyridine rings is 1. The van der Waals surface area contributed by atoms with E-state index in [0.717, 1.165) is 17.0 Å². The Labute approximate surface area is 162 Å². The van der Waals surface area contributed by atoms with Gasteiger partial charge in [0.15, 0.2) is 0 Å². The minimum Gasteiger partial charge on any atom is -0.391 e. The van der Waals surface area contributed by atoms with Gasteiger partial charge in [-0.25, -0.2) is 19.7 Å². The third-order valence-corrected chi connectivity index (χ3v) is 4.02. The highest BCUT2D eigenvalue weighted by molar-refractivity contribution is 6.31. The first-order chi connectivity index (χ1) is 13.3. The number of aromatic nitrogens is 3. The van der Waals surface area contributed by atoms with Gasteiger partial charge >= 0.3 is 12.3 Å². The topological polar surface area (TPSA) is 68.2 Å². The molecule has 2 heterocycles. The van der Waals surface area contributed by atoms with Crippen LogP contribution in [0.15, 0.2) is 55.1 Å². The first kappa shape index (κ1) is 19.6. The Morgan fingerprint density at radius 3 is 2.54 bits per heavy atom. The van der Waals surface area contributed by atoms with Crippen molar-refractivity contribution in [1.82, 2.24) is 15.0 Å². The van der Waals surface area contributed by atoms with Crippen molar-refractivity contribution >= 4 is 23.4 Å². The Morgan fingerprint density at radius 2 is 1.86 bits per heavy atom. The molecule has 1 amide bonds. The number of benzene rings is 1. The van der Waals surface area contributed by atoms with E-state index in [1.807, 2.05) is 0 Å². The molecule has 6 nitrogen and oxygen atoms in total. The van der Waals surface area contributed by atoms with Gasteiger partial charge in [0.1, 0.15) is 6.33 Å². The maximum Gasteiger partial charge on any atom is 0.420 e. The summed E-state index contributed by atoms with van der Waals surface area (Å²) in [4.78, 5) is 25.2. The van der Waals surface area contributed by atoms with Crippen LogP contribution in [-0.4, -0.2) is 28.1 Å². The highest BCUT2D eigenvalue weighted by atomic mass is 35.5. The SMILES string of the molecule is CN(C(=O)Oc1cccc(-c2cncnc2)n1)c1ccc(Cl)c(C(F)(F)F)c1. The lowest BCUT2D eigenvalue weighted by atomic mass is 10.2. The summed E-state index contributed by atoms with van der Waals surface area (Å²) in [5.41, 5.74) is 0.00512. The smallest absolute Gasteiger partial charge is 0.391 e. The fourth-order valence-electron chi connectivity index (χ4n) is 2.27. The lowest BCUT2D eigenvalue weighted by molar-refractivity contribution is -0.137. The zero-order valence-electron chi connectivity index (χ0n) is 14.3. The van der Waals surface area contributed by atoms with E-state index in [4.69, 9.17) is 16.3 Å². The number of alkyl halides is 3. The minimum absolute atomic E-state index is 0.0248. The number of rotatable bonds is 3. The predicted molar refractivity (Wildman–Crippen MR) is 96.1 cm³/mol. The fourth-order valence-corrected chi connectivity index (χ4v) is 2.49. The molecule has 2 aromatic heterocycles. The molecule has 3 rings (SSSR count). The zero-order chi connectivity index (χ0) is 20.3. The molecule has 28 heavy (non-hydrogen) atoms. The molecule has 0 N–H and O–H groups in total. The minimum atomic E-state index is -4.65. The van der Waals surface area contributed by atoms with Crippen LogP contribution in [0, 0.1) is 0 Å². The van der Waals surface area contributed by atoms with Crippen molar-refractivity contribution in [1.29, 1.82) is 0 Å². The summed E-state index contributed by atoms with van der Waals surface area (Å²) >= 11 is 5.60. The first-order valence-corrected chi connectivity index (χ1v) is 8.18. The second kappa shape index (κ2) is 7.81. The van der Waals surface area contributed by atoms with Gasteiger partial charge in [-0.15, -0.1) is 0 Å². The maximum atomic E-state index is 13.0. The van der Waals surface area contributed by atoms with Gasteiger partial charge in [0, 0.05) is 36.8 Å². The molecule has 0 radical (unpaired) electrons. The molecule has 0 fully saturated rings. The number of ether oxygens (including phenoxy) is 1. The van der Waals surface area contributed by atoms with Crippen molar-refractivity contribution < 1.29 is 22.7 Å². The van der Waals surface area contributed by atoms with Crippen LogP contribution < -0.4 is 9.64 Å². The van der Waals surface area contributed by atoms with E-state index in [9.17, 15) is 18.0 Å². The van der Waals surface area contributed by atoms with Crippen molar-refractivity contribution in [3.63, 3.8) is 0 Å². The second-order valence-electron chi connectivity index (χ2n) is 5.58. The zero-order valence-corrected chi connectivity index (χ0v) is 15.1. The van der Waals surface area contributed by atoms with Crippen molar-refractivity contribution in [2.24, 2.45) is 0 Å². The summed E-state index contributed by atoms with van der Waals surface area (Å²) in [5, 5.41) is -0.461. The quantitative estimate of drug-likeness (QED) is 0.620. The molecule has 0 spiro atoms. The van der Waals surface area contributed by atoms with Gasteiger partial charge in [-0.05, 0) is 24.3 Å². The Hall–Kier alpha value is -3.20. The summed E-state index contributed by atoms with van der Waals surface area (Å²) in [6, 6.07) is 7.86. The maximum absolute atomic E-state index is 13.0. The molecule has 3 aromatic rings. The standard InChI is InChI=1S/C18H12ClF3N4O2/c1-26(12-5-6-14(19)13(7-12)18(20,21)22)17(27)28-16-4-2-3-15(25-16)11-8-23-10-24-9-11/h2-10H,1H3. The van der Waals surface area contributed by atoms with Crippen LogP contribution in [0.5, 0.6) is 5.88 Å². The Balaban J connectivity index is 1.80. The van der Waals surface area contributed by atoms with E-state index in [-0.39, 0.29) is 11.6 Å². The number of hydrogen-bond acceptors (Lipinski definition) is 5. The van der Waals surface area contributed by atoms with Crippen LogP contribution in [0.25, 0.3) is 11.3 Å². The Morgan fingerprint density at radius 1 is 1.14 bits per heavy atom. The number of halogens is 4. The van der Waals surface area contributed by atoms with Crippen LogP contribution in [-0.2, 0) is 6.18 Å². The highest BCUT2D eigenvalue weighted by Gasteiger charge is 2.34. The molecule has 0 aliphatic rings. The summed E-state index contributed by atoms with van der Waals surface area (Å²) in [5.74, 6) is -0.0248. The highest BCUT2D eigenvalue weighted by Crippen LogP contribution is 2.36. The summed E-state index contributed by atoms with van der Waals surface area (Å²) in [6.07, 6.45) is -1.11.